The standard InChI is InChI=1S/C10H18N2O3/c11-9-7-15-6-8(9)10(13)12-2-1-4-14-5-3-12/h8-9H,1-7,11H2. The lowest BCUT2D eigenvalue weighted by Crippen LogP contribution is -2.44. The number of ether oxygens (including phenoxy) is 2. The van der Waals surface area contributed by atoms with E-state index in [1.54, 1.807) is 0 Å². The van der Waals surface area contributed by atoms with Gasteiger partial charge >= 0.3 is 0 Å². The fraction of sp³-hybridized carbons (Fsp3) is 0.900. The number of carbonyl (C=O) groups excluding carboxylic acids is 1. The van der Waals surface area contributed by atoms with E-state index in [2.05, 4.69) is 0 Å². The zero-order chi connectivity index (χ0) is 10.7. The molecule has 0 bridgehead atoms. The summed E-state index contributed by atoms with van der Waals surface area (Å²) < 4.78 is 10.5. The first-order valence-corrected chi connectivity index (χ1v) is 5.49. The number of carbonyl (C=O) groups is 1. The average molecular weight is 214 g/mol. The number of hydrogen-bond donors (Lipinski definition) is 1. The smallest absolute Gasteiger partial charge is 0.229 e. The molecule has 2 N–H and O–H groups in total. The molecule has 0 saturated carbocycles. The molecular formula is C10H18N2O3. The fourth-order valence-electron chi connectivity index (χ4n) is 2.03. The molecule has 0 aliphatic carbocycles. The molecule has 0 spiro atoms. The van der Waals surface area contributed by atoms with Gasteiger partial charge in [0, 0.05) is 25.7 Å². The van der Waals surface area contributed by atoms with Gasteiger partial charge < -0.3 is 20.1 Å². The number of hydrogen-bond acceptors (Lipinski definition) is 4. The quantitative estimate of drug-likeness (QED) is 0.621. The zero-order valence-electron chi connectivity index (χ0n) is 8.85. The first kappa shape index (κ1) is 10.9. The van der Waals surface area contributed by atoms with Gasteiger partial charge in [0.25, 0.3) is 0 Å². The highest BCUT2D eigenvalue weighted by atomic mass is 16.5. The van der Waals surface area contributed by atoms with E-state index in [4.69, 9.17) is 15.2 Å². The third-order valence-corrected chi connectivity index (χ3v) is 2.98. The molecule has 2 atom stereocenters. The van der Waals surface area contributed by atoms with E-state index in [0.717, 1.165) is 19.6 Å². The normalized spacial score (nSPS) is 32.7. The number of nitrogens with zero attached hydrogens (tertiary/aromatic N) is 1. The second-order valence-electron chi connectivity index (χ2n) is 4.10. The van der Waals surface area contributed by atoms with Crippen LogP contribution in [0.15, 0.2) is 0 Å². The molecule has 1 amide bonds. The number of amides is 1. The molecule has 0 aromatic rings. The van der Waals surface area contributed by atoms with Crippen LogP contribution in [0.25, 0.3) is 0 Å². The molecule has 2 aliphatic heterocycles. The Balaban J connectivity index is 1.93. The highest BCUT2D eigenvalue weighted by molar-refractivity contribution is 5.80. The van der Waals surface area contributed by atoms with E-state index in [-0.39, 0.29) is 17.9 Å². The molecule has 2 saturated heterocycles. The average Bonchev–Trinajstić information content (AvgIpc) is 2.53. The number of nitrogens with two attached hydrogens (primary N) is 1. The molecular weight excluding hydrogens is 196 g/mol. The summed E-state index contributed by atoms with van der Waals surface area (Å²) >= 11 is 0. The van der Waals surface area contributed by atoms with Crippen molar-refractivity contribution in [3.8, 4) is 0 Å². The van der Waals surface area contributed by atoms with Crippen molar-refractivity contribution in [3.63, 3.8) is 0 Å². The highest BCUT2D eigenvalue weighted by Gasteiger charge is 2.34. The van der Waals surface area contributed by atoms with Crippen molar-refractivity contribution >= 4 is 5.91 Å². The topological polar surface area (TPSA) is 64.8 Å². The Hall–Kier alpha value is -0.650. The van der Waals surface area contributed by atoms with E-state index < -0.39 is 0 Å². The largest absolute Gasteiger partial charge is 0.380 e. The Morgan fingerprint density at radius 3 is 2.80 bits per heavy atom. The lowest BCUT2D eigenvalue weighted by molar-refractivity contribution is -0.135. The van der Waals surface area contributed by atoms with Gasteiger partial charge in [0.2, 0.25) is 5.91 Å². The molecule has 0 radical (unpaired) electrons. The van der Waals surface area contributed by atoms with Gasteiger partial charge in [0.1, 0.15) is 0 Å². The minimum atomic E-state index is -0.150. The van der Waals surface area contributed by atoms with Crippen LogP contribution in [0.2, 0.25) is 0 Å². The van der Waals surface area contributed by atoms with Gasteiger partial charge in [0.05, 0.1) is 25.7 Å². The zero-order valence-corrected chi connectivity index (χ0v) is 8.85. The third kappa shape index (κ3) is 2.48. The van der Waals surface area contributed by atoms with E-state index in [9.17, 15) is 4.79 Å². The van der Waals surface area contributed by atoms with Crippen molar-refractivity contribution in [1.82, 2.24) is 4.90 Å². The van der Waals surface area contributed by atoms with Crippen molar-refractivity contribution in [1.29, 1.82) is 0 Å². The number of rotatable bonds is 1. The molecule has 2 aliphatic rings. The van der Waals surface area contributed by atoms with Crippen molar-refractivity contribution in [2.75, 3.05) is 39.5 Å². The van der Waals surface area contributed by atoms with Gasteiger partial charge in [-0.05, 0) is 6.42 Å². The Labute approximate surface area is 89.5 Å². The van der Waals surface area contributed by atoms with Crippen LogP contribution in [0.1, 0.15) is 6.42 Å². The molecule has 86 valence electrons. The first-order valence-electron chi connectivity index (χ1n) is 5.49. The maximum atomic E-state index is 12.1. The second-order valence-corrected chi connectivity index (χ2v) is 4.10. The summed E-state index contributed by atoms with van der Waals surface area (Å²) in [7, 11) is 0. The van der Waals surface area contributed by atoms with Gasteiger partial charge in [-0.3, -0.25) is 4.79 Å². The molecule has 2 fully saturated rings. The Bertz CT molecular complexity index is 227. The summed E-state index contributed by atoms with van der Waals surface area (Å²) in [4.78, 5) is 13.9. The second kappa shape index (κ2) is 4.92. The molecule has 5 heteroatoms. The van der Waals surface area contributed by atoms with Crippen LogP contribution >= 0.6 is 0 Å². The Kier molecular flexibility index (Phi) is 3.56. The van der Waals surface area contributed by atoms with Gasteiger partial charge in [-0.1, -0.05) is 0 Å². The van der Waals surface area contributed by atoms with Crippen molar-refractivity contribution in [3.05, 3.63) is 0 Å². The van der Waals surface area contributed by atoms with Gasteiger partial charge in [-0.15, -0.1) is 0 Å². The van der Waals surface area contributed by atoms with E-state index in [1.165, 1.54) is 0 Å². The minimum absolute atomic E-state index is 0.130. The minimum Gasteiger partial charge on any atom is -0.380 e. The first-order chi connectivity index (χ1) is 7.29. The van der Waals surface area contributed by atoms with Crippen molar-refractivity contribution in [2.45, 2.75) is 12.5 Å². The summed E-state index contributed by atoms with van der Waals surface area (Å²) in [6, 6.07) is -0.137. The van der Waals surface area contributed by atoms with Crippen LogP contribution in [-0.2, 0) is 14.3 Å². The van der Waals surface area contributed by atoms with Crippen LogP contribution in [0.4, 0.5) is 0 Å². The van der Waals surface area contributed by atoms with Crippen LogP contribution < -0.4 is 5.73 Å². The van der Waals surface area contributed by atoms with Crippen LogP contribution in [0, 0.1) is 5.92 Å². The van der Waals surface area contributed by atoms with Gasteiger partial charge in [-0.2, -0.15) is 0 Å². The summed E-state index contributed by atoms with van der Waals surface area (Å²) in [5.41, 5.74) is 5.82. The van der Waals surface area contributed by atoms with Gasteiger partial charge in [-0.25, -0.2) is 0 Å². The predicted octanol–water partition coefficient (Wildman–Crippen LogP) is -0.791. The molecule has 2 heterocycles. The molecule has 2 rings (SSSR count). The van der Waals surface area contributed by atoms with E-state index in [1.807, 2.05) is 4.90 Å². The summed E-state index contributed by atoms with van der Waals surface area (Å²) in [5.74, 6) is -0.0198. The molecule has 15 heavy (non-hydrogen) atoms. The summed E-state index contributed by atoms with van der Waals surface area (Å²) in [5, 5.41) is 0. The van der Waals surface area contributed by atoms with Crippen molar-refractivity contribution < 1.29 is 14.3 Å². The Morgan fingerprint density at radius 2 is 2.07 bits per heavy atom. The van der Waals surface area contributed by atoms with Crippen LogP contribution in [0.3, 0.4) is 0 Å². The summed E-state index contributed by atoms with van der Waals surface area (Å²) in [6.45, 7) is 3.81. The molecule has 2 unspecified atom stereocenters. The predicted molar refractivity (Wildman–Crippen MR) is 54.3 cm³/mol. The molecule has 0 aromatic carbocycles. The highest BCUT2D eigenvalue weighted by Crippen LogP contribution is 2.15. The van der Waals surface area contributed by atoms with Crippen LogP contribution in [-0.4, -0.2) is 56.4 Å². The summed E-state index contributed by atoms with van der Waals surface area (Å²) in [6.07, 6.45) is 0.911. The van der Waals surface area contributed by atoms with Gasteiger partial charge in [0.15, 0.2) is 0 Å². The molecule has 5 nitrogen and oxygen atoms in total. The van der Waals surface area contributed by atoms with E-state index >= 15 is 0 Å². The lowest BCUT2D eigenvalue weighted by atomic mass is 10.0. The fourth-order valence-corrected chi connectivity index (χ4v) is 2.03. The Morgan fingerprint density at radius 1 is 1.20 bits per heavy atom. The lowest BCUT2D eigenvalue weighted by Gasteiger charge is -2.24. The molecule has 0 aromatic heterocycles. The maximum absolute atomic E-state index is 12.1. The SMILES string of the molecule is NC1COCC1C(=O)N1CCCOCC1. The van der Waals surface area contributed by atoms with Crippen LogP contribution in [0.5, 0.6) is 0 Å². The third-order valence-electron chi connectivity index (χ3n) is 2.98. The van der Waals surface area contributed by atoms with Crippen molar-refractivity contribution in [2.24, 2.45) is 11.7 Å². The maximum Gasteiger partial charge on any atom is 0.229 e. The van der Waals surface area contributed by atoms with E-state index in [0.29, 0.717) is 26.4 Å². The monoisotopic (exact) mass is 214 g/mol.